The number of aliphatic hydroxyl groups is 1. The van der Waals surface area contributed by atoms with E-state index in [2.05, 4.69) is 16.4 Å². The molecule has 1 atom stereocenters. The van der Waals surface area contributed by atoms with Crippen LogP contribution in [0.15, 0.2) is 12.2 Å². The zero-order chi connectivity index (χ0) is 15.1. The standard InChI is InChI=1S/C15H29N3O2/c1-5-18(10-13(2)3)15(20)12-17-8-6-16(7-9-17)11-14(4)19/h14,19H,2,5-12H2,1,3-4H3/t14-/m0/s1. The second kappa shape index (κ2) is 8.39. The number of hydrogen-bond acceptors (Lipinski definition) is 4. The molecule has 1 N–H and O–H groups in total. The number of rotatable bonds is 7. The monoisotopic (exact) mass is 283 g/mol. The first kappa shape index (κ1) is 17.1. The van der Waals surface area contributed by atoms with Gasteiger partial charge in [0.1, 0.15) is 0 Å². The molecule has 0 aromatic carbocycles. The van der Waals surface area contributed by atoms with Gasteiger partial charge in [0, 0.05) is 45.8 Å². The van der Waals surface area contributed by atoms with Crippen LogP contribution < -0.4 is 0 Å². The molecule has 116 valence electrons. The van der Waals surface area contributed by atoms with E-state index in [1.54, 1.807) is 0 Å². The van der Waals surface area contributed by atoms with Crippen molar-refractivity contribution >= 4 is 5.91 Å². The van der Waals surface area contributed by atoms with E-state index >= 15 is 0 Å². The van der Waals surface area contributed by atoms with E-state index in [4.69, 9.17) is 0 Å². The molecule has 5 nitrogen and oxygen atoms in total. The van der Waals surface area contributed by atoms with Crippen molar-refractivity contribution in [3.05, 3.63) is 12.2 Å². The molecule has 1 amide bonds. The van der Waals surface area contributed by atoms with Crippen molar-refractivity contribution in [2.75, 3.05) is 52.4 Å². The van der Waals surface area contributed by atoms with Crippen LogP contribution in [0.5, 0.6) is 0 Å². The van der Waals surface area contributed by atoms with Crippen LogP contribution in [0.25, 0.3) is 0 Å². The minimum atomic E-state index is -0.283. The highest BCUT2D eigenvalue weighted by molar-refractivity contribution is 5.78. The van der Waals surface area contributed by atoms with E-state index in [0.29, 0.717) is 13.1 Å². The number of amides is 1. The fraction of sp³-hybridized carbons (Fsp3) is 0.800. The molecule has 0 aromatic heterocycles. The third kappa shape index (κ3) is 6.03. The van der Waals surface area contributed by atoms with Gasteiger partial charge in [0.15, 0.2) is 0 Å². The molecule has 1 fully saturated rings. The molecule has 1 aliphatic rings. The zero-order valence-electron chi connectivity index (χ0n) is 13.1. The van der Waals surface area contributed by atoms with Crippen molar-refractivity contribution in [3.8, 4) is 0 Å². The summed E-state index contributed by atoms with van der Waals surface area (Å²) in [5, 5.41) is 9.38. The van der Waals surface area contributed by atoms with Crippen LogP contribution in [0.1, 0.15) is 20.8 Å². The van der Waals surface area contributed by atoms with Crippen LogP contribution in [-0.4, -0.2) is 84.2 Å². The molecule has 1 rings (SSSR count). The number of likely N-dealkylation sites (N-methyl/N-ethyl adjacent to an activating group) is 1. The van der Waals surface area contributed by atoms with Crippen molar-refractivity contribution in [2.24, 2.45) is 0 Å². The summed E-state index contributed by atoms with van der Waals surface area (Å²) in [6, 6.07) is 0. The minimum absolute atomic E-state index is 0.180. The van der Waals surface area contributed by atoms with Crippen LogP contribution in [0.2, 0.25) is 0 Å². The third-order valence-corrected chi connectivity index (χ3v) is 3.54. The summed E-state index contributed by atoms with van der Waals surface area (Å²) in [6.07, 6.45) is -0.283. The summed E-state index contributed by atoms with van der Waals surface area (Å²) in [4.78, 5) is 18.5. The molecule has 0 aliphatic carbocycles. The van der Waals surface area contributed by atoms with Crippen molar-refractivity contribution in [1.29, 1.82) is 0 Å². The number of aliphatic hydroxyl groups excluding tert-OH is 1. The van der Waals surface area contributed by atoms with Gasteiger partial charge in [0.25, 0.3) is 0 Å². The Bertz CT molecular complexity index is 323. The molecule has 0 bridgehead atoms. The van der Waals surface area contributed by atoms with Crippen molar-refractivity contribution in [1.82, 2.24) is 14.7 Å². The third-order valence-electron chi connectivity index (χ3n) is 3.54. The predicted molar refractivity (Wildman–Crippen MR) is 81.6 cm³/mol. The van der Waals surface area contributed by atoms with Crippen LogP contribution in [0.4, 0.5) is 0 Å². The minimum Gasteiger partial charge on any atom is -0.392 e. The largest absolute Gasteiger partial charge is 0.392 e. The maximum absolute atomic E-state index is 12.2. The second-order valence-electron chi connectivity index (χ2n) is 5.79. The molecular weight excluding hydrogens is 254 g/mol. The topological polar surface area (TPSA) is 47.0 Å². The van der Waals surface area contributed by atoms with Crippen LogP contribution in [0, 0.1) is 0 Å². The quantitative estimate of drug-likeness (QED) is 0.688. The zero-order valence-corrected chi connectivity index (χ0v) is 13.1. The average molecular weight is 283 g/mol. The number of carbonyl (C=O) groups excluding carboxylic acids is 1. The van der Waals surface area contributed by atoms with Gasteiger partial charge in [-0.05, 0) is 20.8 Å². The Morgan fingerprint density at radius 2 is 1.85 bits per heavy atom. The van der Waals surface area contributed by atoms with Gasteiger partial charge in [-0.15, -0.1) is 0 Å². The molecule has 0 radical (unpaired) electrons. The smallest absolute Gasteiger partial charge is 0.237 e. The molecule has 5 heteroatoms. The molecular formula is C15H29N3O2. The second-order valence-corrected chi connectivity index (χ2v) is 5.79. The van der Waals surface area contributed by atoms with Crippen molar-refractivity contribution in [2.45, 2.75) is 26.9 Å². The molecule has 1 aliphatic heterocycles. The molecule has 1 saturated heterocycles. The molecule has 20 heavy (non-hydrogen) atoms. The fourth-order valence-electron chi connectivity index (χ4n) is 2.50. The summed E-state index contributed by atoms with van der Waals surface area (Å²) in [5.41, 5.74) is 1.02. The first-order valence-electron chi connectivity index (χ1n) is 7.47. The molecule has 0 aromatic rings. The van der Waals surface area contributed by atoms with Crippen molar-refractivity contribution < 1.29 is 9.90 Å². The van der Waals surface area contributed by atoms with Gasteiger partial charge < -0.3 is 10.0 Å². The van der Waals surface area contributed by atoms with E-state index < -0.39 is 0 Å². The Labute approximate surface area is 122 Å². The van der Waals surface area contributed by atoms with Gasteiger partial charge in [-0.1, -0.05) is 12.2 Å². The summed E-state index contributed by atoms with van der Waals surface area (Å²) in [6.45, 7) is 15.9. The lowest BCUT2D eigenvalue weighted by Gasteiger charge is -2.35. The van der Waals surface area contributed by atoms with Crippen LogP contribution >= 0.6 is 0 Å². The van der Waals surface area contributed by atoms with Gasteiger partial charge in [0.2, 0.25) is 5.91 Å². The Morgan fingerprint density at radius 3 is 2.30 bits per heavy atom. The number of hydrogen-bond donors (Lipinski definition) is 1. The number of nitrogens with zero attached hydrogens (tertiary/aromatic N) is 3. The highest BCUT2D eigenvalue weighted by Gasteiger charge is 2.21. The Hall–Kier alpha value is -0.910. The lowest BCUT2D eigenvalue weighted by atomic mass is 10.2. The van der Waals surface area contributed by atoms with Crippen LogP contribution in [0.3, 0.4) is 0 Å². The summed E-state index contributed by atoms with van der Waals surface area (Å²) in [7, 11) is 0. The van der Waals surface area contributed by atoms with E-state index in [1.165, 1.54) is 0 Å². The first-order chi connectivity index (χ1) is 9.42. The lowest BCUT2D eigenvalue weighted by molar-refractivity contribution is -0.132. The Balaban J connectivity index is 2.35. The summed E-state index contributed by atoms with van der Waals surface area (Å²) >= 11 is 0. The van der Waals surface area contributed by atoms with E-state index in [-0.39, 0.29) is 12.0 Å². The van der Waals surface area contributed by atoms with E-state index in [9.17, 15) is 9.90 Å². The number of carbonyl (C=O) groups is 1. The number of β-amino-alcohol motifs (C(OH)–C–C–N with tert-alkyl or cyclic N) is 1. The maximum Gasteiger partial charge on any atom is 0.237 e. The van der Waals surface area contributed by atoms with Gasteiger partial charge in [-0.2, -0.15) is 0 Å². The lowest BCUT2D eigenvalue weighted by Crippen LogP contribution is -2.51. The molecule has 0 saturated carbocycles. The van der Waals surface area contributed by atoms with Gasteiger partial charge in [-0.25, -0.2) is 0 Å². The SMILES string of the molecule is C=C(C)CN(CC)C(=O)CN1CCN(C[C@H](C)O)CC1. The van der Waals surface area contributed by atoms with Crippen molar-refractivity contribution in [3.63, 3.8) is 0 Å². The molecule has 0 spiro atoms. The average Bonchev–Trinajstić information content (AvgIpc) is 2.37. The predicted octanol–water partition coefficient (Wildman–Crippen LogP) is 0.409. The van der Waals surface area contributed by atoms with E-state index in [0.717, 1.165) is 44.8 Å². The number of piperazine rings is 1. The normalized spacial score (nSPS) is 18.8. The van der Waals surface area contributed by atoms with Crippen LogP contribution in [-0.2, 0) is 4.79 Å². The van der Waals surface area contributed by atoms with Gasteiger partial charge >= 0.3 is 0 Å². The summed E-state index contributed by atoms with van der Waals surface area (Å²) < 4.78 is 0. The fourth-order valence-corrected chi connectivity index (χ4v) is 2.50. The highest BCUT2D eigenvalue weighted by Crippen LogP contribution is 2.04. The van der Waals surface area contributed by atoms with Gasteiger partial charge in [0.05, 0.1) is 12.6 Å². The van der Waals surface area contributed by atoms with E-state index in [1.807, 2.05) is 25.7 Å². The maximum atomic E-state index is 12.2. The highest BCUT2D eigenvalue weighted by atomic mass is 16.3. The first-order valence-corrected chi connectivity index (χ1v) is 7.47. The van der Waals surface area contributed by atoms with Gasteiger partial charge in [-0.3, -0.25) is 14.6 Å². The summed E-state index contributed by atoms with van der Waals surface area (Å²) in [5.74, 6) is 0.180. The Morgan fingerprint density at radius 1 is 1.30 bits per heavy atom. The Kier molecular flexibility index (Phi) is 7.19. The molecule has 1 heterocycles. The molecule has 0 unspecified atom stereocenters.